The molecule has 1 amide bonds. The number of likely N-dealkylation sites (tertiary alicyclic amines) is 1. The Morgan fingerprint density at radius 3 is 2.56 bits per heavy atom. The van der Waals surface area contributed by atoms with Gasteiger partial charge in [-0.25, -0.2) is 0 Å². The summed E-state index contributed by atoms with van der Waals surface area (Å²) < 4.78 is 0. The predicted molar refractivity (Wildman–Crippen MR) is 103 cm³/mol. The molecule has 0 unspecified atom stereocenters. The second-order valence-electron chi connectivity index (χ2n) is 6.65. The van der Waals surface area contributed by atoms with Crippen molar-refractivity contribution < 1.29 is 4.79 Å². The third-order valence-corrected chi connectivity index (χ3v) is 5.10. The first-order chi connectivity index (χ1) is 12.1. The number of hydrogen-bond acceptors (Lipinski definition) is 3. The maximum Gasteiger partial charge on any atom is 0.251 e. The number of benzene rings is 2. The highest BCUT2D eigenvalue weighted by Gasteiger charge is 2.20. The summed E-state index contributed by atoms with van der Waals surface area (Å²) >= 11 is 5.98. The third kappa shape index (κ3) is 4.97. The van der Waals surface area contributed by atoms with E-state index in [1.165, 1.54) is 5.56 Å². The van der Waals surface area contributed by atoms with Crippen molar-refractivity contribution in [3.8, 4) is 0 Å². The number of hydrogen-bond donors (Lipinski definition) is 2. The third-order valence-electron chi connectivity index (χ3n) is 4.77. The van der Waals surface area contributed by atoms with Gasteiger partial charge >= 0.3 is 0 Å². The van der Waals surface area contributed by atoms with Gasteiger partial charge in [0.15, 0.2) is 0 Å². The number of carbonyl (C=O) groups is 1. The molecular weight excluding hydrogens is 334 g/mol. The molecule has 1 fully saturated rings. The number of nitrogen functional groups attached to an aromatic ring is 1. The maximum atomic E-state index is 12.2. The predicted octanol–water partition coefficient (Wildman–Crippen LogP) is 3.56. The molecular formula is C20H24ClN3O. The number of piperidine rings is 1. The summed E-state index contributed by atoms with van der Waals surface area (Å²) in [6, 6.07) is 15.6. The molecule has 5 heteroatoms. The topological polar surface area (TPSA) is 58.4 Å². The highest BCUT2D eigenvalue weighted by atomic mass is 35.5. The van der Waals surface area contributed by atoms with Gasteiger partial charge in [0.2, 0.25) is 0 Å². The molecule has 0 aromatic heterocycles. The number of halogens is 1. The number of rotatable bonds is 5. The van der Waals surface area contributed by atoms with Crippen LogP contribution in [0, 0.1) is 5.92 Å². The van der Waals surface area contributed by atoms with Gasteiger partial charge in [-0.2, -0.15) is 0 Å². The second-order valence-corrected chi connectivity index (χ2v) is 7.06. The number of anilines is 1. The van der Waals surface area contributed by atoms with E-state index < -0.39 is 0 Å². The summed E-state index contributed by atoms with van der Waals surface area (Å²) in [6.07, 6.45) is 2.21. The average molecular weight is 358 g/mol. The maximum absolute atomic E-state index is 12.2. The van der Waals surface area contributed by atoms with Crippen molar-refractivity contribution in [2.45, 2.75) is 19.4 Å². The van der Waals surface area contributed by atoms with Gasteiger partial charge in [0.1, 0.15) is 0 Å². The quantitative estimate of drug-likeness (QED) is 0.804. The van der Waals surface area contributed by atoms with E-state index in [0.29, 0.717) is 28.7 Å². The number of nitrogens with zero attached hydrogens (tertiary/aromatic N) is 1. The lowest BCUT2D eigenvalue weighted by Crippen LogP contribution is -2.38. The van der Waals surface area contributed by atoms with E-state index in [4.69, 9.17) is 17.3 Å². The number of nitrogens with one attached hydrogen (secondary N) is 1. The smallest absolute Gasteiger partial charge is 0.251 e. The van der Waals surface area contributed by atoms with Gasteiger partial charge < -0.3 is 11.1 Å². The fourth-order valence-electron chi connectivity index (χ4n) is 3.20. The van der Waals surface area contributed by atoms with Crippen LogP contribution in [-0.4, -0.2) is 30.4 Å². The standard InChI is InChI=1S/C20H24ClN3O/c21-18-12-17(6-7-19(18)22)20(25)23-13-15-8-10-24(11-9-15)14-16-4-2-1-3-5-16/h1-7,12,15H,8-11,13-14,22H2,(H,23,25). The molecule has 132 valence electrons. The highest BCUT2D eigenvalue weighted by Crippen LogP contribution is 2.21. The van der Waals surface area contributed by atoms with E-state index in [0.717, 1.165) is 32.5 Å². The van der Waals surface area contributed by atoms with Crippen LogP contribution in [0.5, 0.6) is 0 Å². The SMILES string of the molecule is Nc1ccc(C(=O)NCC2CCN(Cc3ccccc3)CC2)cc1Cl. The zero-order chi connectivity index (χ0) is 17.6. The Hall–Kier alpha value is -2.04. The van der Waals surface area contributed by atoms with E-state index >= 15 is 0 Å². The normalized spacial score (nSPS) is 15.9. The van der Waals surface area contributed by atoms with Crippen LogP contribution in [0.3, 0.4) is 0 Å². The molecule has 2 aromatic rings. The second kappa shape index (κ2) is 8.37. The summed E-state index contributed by atoms with van der Waals surface area (Å²) in [4.78, 5) is 14.7. The molecule has 0 bridgehead atoms. The van der Waals surface area contributed by atoms with E-state index in [9.17, 15) is 4.79 Å². The Balaban J connectivity index is 1.43. The molecule has 4 nitrogen and oxygen atoms in total. The molecule has 2 aromatic carbocycles. The van der Waals surface area contributed by atoms with Crippen LogP contribution < -0.4 is 11.1 Å². The number of carbonyl (C=O) groups excluding carboxylic acids is 1. The largest absolute Gasteiger partial charge is 0.398 e. The molecule has 25 heavy (non-hydrogen) atoms. The molecule has 1 saturated heterocycles. The van der Waals surface area contributed by atoms with Gasteiger partial charge in [-0.3, -0.25) is 9.69 Å². The van der Waals surface area contributed by atoms with Crippen molar-refractivity contribution >= 4 is 23.2 Å². The van der Waals surface area contributed by atoms with E-state index in [1.807, 2.05) is 6.07 Å². The van der Waals surface area contributed by atoms with Crippen molar-refractivity contribution in [2.24, 2.45) is 5.92 Å². The first-order valence-electron chi connectivity index (χ1n) is 8.71. The molecule has 0 saturated carbocycles. The molecule has 1 aliphatic rings. The summed E-state index contributed by atoms with van der Waals surface area (Å²) in [7, 11) is 0. The number of amides is 1. The van der Waals surface area contributed by atoms with E-state index in [2.05, 4.69) is 34.5 Å². The van der Waals surface area contributed by atoms with Gasteiger partial charge in [-0.1, -0.05) is 41.9 Å². The van der Waals surface area contributed by atoms with Crippen molar-refractivity contribution in [3.05, 3.63) is 64.7 Å². The minimum Gasteiger partial charge on any atom is -0.398 e. The molecule has 1 heterocycles. The highest BCUT2D eigenvalue weighted by molar-refractivity contribution is 6.33. The van der Waals surface area contributed by atoms with Crippen LogP contribution in [0.25, 0.3) is 0 Å². The summed E-state index contributed by atoms with van der Waals surface area (Å²) in [5, 5.41) is 3.44. The lowest BCUT2D eigenvalue weighted by Gasteiger charge is -2.32. The van der Waals surface area contributed by atoms with E-state index in [1.54, 1.807) is 18.2 Å². The fraction of sp³-hybridized carbons (Fsp3) is 0.350. The summed E-state index contributed by atoms with van der Waals surface area (Å²) in [6.45, 7) is 3.86. The zero-order valence-electron chi connectivity index (χ0n) is 14.2. The Morgan fingerprint density at radius 1 is 1.16 bits per heavy atom. The van der Waals surface area contributed by atoms with Crippen LogP contribution in [0.4, 0.5) is 5.69 Å². The average Bonchev–Trinajstić information content (AvgIpc) is 2.64. The number of nitrogens with two attached hydrogens (primary N) is 1. The van der Waals surface area contributed by atoms with Crippen molar-refractivity contribution in [3.63, 3.8) is 0 Å². The summed E-state index contributed by atoms with van der Waals surface area (Å²) in [5.41, 5.74) is 8.08. The van der Waals surface area contributed by atoms with Gasteiger partial charge in [0, 0.05) is 18.7 Å². The lowest BCUT2D eigenvalue weighted by molar-refractivity contribution is 0.0935. The summed E-state index contributed by atoms with van der Waals surface area (Å²) in [5.74, 6) is 0.439. The van der Waals surface area contributed by atoms with Crippen molar-refractivity contribution in [1.82, 2.24) is 10.2 Å². The van der Waals surface area contributed by atoms with Gasteiger partial charge in [-0.15, -0.1) is 0 Å². The monoisotopic (exact) mass is 357 g/mol. The molecule has 3 rings (SSSR count). The van der Waals surface area contributed by atoms with Crippen molar-refractivity contribution in [1.29, 1.82) is 0 Å². The minimum absolute atomic E-state index is 0.0892. The lowest BCUT2D eigenvalue weighted by atomic mass is 9.96. The Labute approximate surface area is 154 Å². The van der Waals surface area contributed by atoms with Gasteiger partial charge in [0.05, 0.1) is 10.7 Å². The van der Waals surface area contributed by atoms with Crippen LogP contribution >= 0.6 is 11.6 Å². The van der Waals surface area contributed by atoms with Crippen LogP contribution in [-0.2, 0) is 6.54 Å². The first kappa shape index (κ1) is 17.8. The molecule has 3 N–H and O–H groups in total. The molecule has 0 spiro atoms. The Bertz CT molecular complexity index is 712. The van der Waals surface area contributed by atoms with E-state index in [-0.39, 0.29) is 5.91 Å². The molecule has 1 aliphatic heterocycles. The minimum atomic E-state index is -0.0892. The van der Waals surface area contributed by atoms with Crippen LogP contribution in [0.15, 0.2) is 48.5 Å². The first-order valence-corrected chi connectivity index (χ1v) is 9.09. The van der Waals surface area contributed by atoms with Crippen LogP contribution in [0.2, 0.25) is 5.02 Å². The Morgan fingerprint density at radius 2 is 1.88 bits per heavy atom. The van der Waals surface area contributed by atoms with Crippen molar-refractivity contribution in [2.75, 3.05) is 25.4 Å². The molecule has 0 radical (unpaired) electrons. The fourth-order valence-corrected chi connectivity index (χ4v) is 3.38. The zero-order valence-corrected chi connectivity index (χ0v) is 15.0. The van der Waals surface area contributed by atoms with Gasteiger partial charge in [-0.05, 0) is 55.6 Å². The van der Waals surface area contributed by atoms with Crippen LogP contribution in [0.1, 0.15) is 28.8 Å². The van der Waals surface area contributed by atoms with Gasteiger partial charge in [0.25, 0.3) is 5.91 Å². The molecule has 0 atom stereocenters. The molecule has 0 aliphatic carbocycles. The Kier molecular flexibility index (Phi) is 5.95.